The number of ether oxygens (including phenoxy) is 1. The Balaban J connectivity index is 0. The predicted molar refractivity (Wildman–Crippen MR) is 104 cm³/mol. The molecule has 0 bridgehead atoms. The van der Waals surface area contributed by atoms with Crippen LogP contribution >= 0.6 is 12.4 Å². The first kappa shape index (κ1) is 25.9. The Bertz CT molecular complexity index is 284. The van der Waals surface area contributed by atoms with E-state index in [2.05, 4.69) is 12.2 Å². The van der Waals surface area contributed by atoms with E-state index in [0.717, 1.165) is 13.0 Å². The van der Waals surface area contributed by atoms with Crippen molar-refractivity contribution in [2.45, 2.75) is 96.7 Å². The van der Waals surface area contributed by atoms with Crippen molar-refractivity contribution in [1.82, 2.24) is 5.32 Å². The van der Waals surface area contributed by atoms with Gasteiger partial charge in [0.1, 0.15) is 0 Å². The molecule has 0 rings (SSSR count). The second-order valence-electron chi connectivity index (χ2n) is 6.72. The van der Waals surface area contributed by atoms with Crippen LogP contribution < -0.4 is 16.8 Å². The maximum Gasteiger partial charge on any atom is 0.322 e. The molecule has 0 heterocycles. The molecule has 0 saturated carbocycles. The van der Waals surface area contributed by atoms with Gasteiger partial charge in [-0.3, -0.25) is 16.3 Å². The first-order chi connectivity index (χ1) is 11.0. The summed E-state index contributed by atoms with van der Waals surface area (Å²) in [6.07, 6.45) is 16.0. The lowest BCUT2D eigenvalue weighted by Gasteiger charge is -2.19. The van der Waals surface area contributed by atoms with Crippen molar-refractivity contribution in [3.05, 3.63) is 0 Å². The summed E-state index contributed by atoms with van der Waals surface area (Å²) in [5.41, 5.74) is 10.8. The Morgan fingerprint density at radius 1 is 0.875 bits per heavy atom. The Hall–Kier alpha value is -0.360. The van der Waals surface area contributed by atoms with Crippen LogP contribution in [0.2, 0.25) is 0 Å². The predicted octanol–water partition coefficient (Wildman–Crippen LogP) is 3.83. The number of hydrogen-bond donors (Lipinski definition) is 3. The van der Waals surface area contributed by atoms with Crippen molar-refractivity contribution in [2.24, 2.45) is 11.5 Å². The third-order valence-corrected chi connectivity index (χ3v) is 3.81. The van der Waals surface area contributed by atoms with Gasteiger partial charge in [0.25, 0.3) is 0 Å². The maximum atomic E-state index is 11.3. The van der Waals surface area contributed by atoms with E-state index in [4.69, 9.17) is 16.2 Å². The molecule has 0 aromatic heterocycles. The lowest BCUT2D eigenvalue weighted by atomic mass is 10.1. The van der Waals surface area contributed by atoms with E-state index >= 15 is 0 Å². The molecule has 0 amide bonds. The lowest BCUT2D eigenvalue weighted by Crippen LogP contribution is -2.51. The van der Waals surface area contributed by atoms with E-state index in [1.54, 1.807) is 0 Å². The SMILES string of the molecule is CCCCCCCCCCCCCCNCC(=O)OC(C)(N)N.Cl. The van der Waals surface area contributed by atoms with Crippen LogP contribution in [0.5, 0.6) is 0 Å². The molecule has 0 radical (unpaired) electrons. The van der Waals surface area contributed by atoms with Crippen LogP contribution in [-0.2, 0) is 9.53 Å². The van der Waals surface area contributed by atoms with E-state index in [1.165, 1.54) is 77.6 Å². The van der Waals surface area contributed by atoms with Gasteiger partial charge in [0, 0.05) is 6.92 Å². The molecule has 5 N–H and O–H groups in total. The van der Waals surface area contributed by atoms with Gasteiger partial charge in [0.2, 0.25) is 5.85 Å². The summed E-state index contributed by atoms with van der Waals surface area (Å²) in [4.78, 5) is 11.3. The zero-order valence-electron chi connectivity index (χ0n) is 15.8. The maximum absolute atomic E-state index is 11.3. The number of nitrogens with one attached hydrogen (secondary N) is 1. The van der Waals surface area contributed by atoms with Gasteiger partial charge in [-0.1, -0.05) is 77.6 Å². The third-order valence-electron chi connectivity index (χ3n) is 3.81. The Kier molecular flexibility index (Phi) is 18.8. The minimum absolute atomic E-state index is 0. The molecule has 5 nitrogen and oxygen atoms in total. The number of carbonyl (C=O) groups is 1. The van der Waals surface area contributed by atoms with Crippen molar-refractivity contribution >= 4 is 18.4 Å². The Labute approximate surface area is 155 Å². The van der Waals surface area contributed by atoms with E-state index in [9.17, 15) is 4.79 Å². The van der Waals surface area contributed by atoms with Crippen LogP contribution in [0.4, 0.5) is 0 Å². The van der Waals surface area contributed by atoms with Gasteiger partial charge in [-0.2, -0.15) is 0 Å². The smallest absolute Gasteiger partial charge is 0.322 e. The molecule has 0 aliphatic heterocycles. The highest BCUT2D eigenvalue weighted by molar-refractivity contribution is 5.85. The van der Waals surface area contributed by atoms with Crippen LogP contribution in [0, 0.1) is 0 Å². The van der Waals surface area contributed by atoms with Gasteiger partial charge in [0.05, 0.1) is 6.54 Å². The molecule has 0 saturated heterocycles. The molecule has 0 aliphatic carbocycles. The standard InChI is InChI=1S/C18H39N3O2.ClH/c1-3-4-5-6-7-8-9-10-11-12-13-14-15-21-16-17(22)23-18(2,19)20;/h21H,3-16,19-20H2,1-2H3;1H. The summed E-state index contributed by atoms with van der Waals surface area (Å²) in [7, 11) is 0. The molecule has 0 aromatic carbocycles. The number of unbranched alkanes of at least 4 members (excludes halogenated alkanes) is 11. The van der Waals surface area contributed by atoms with E-state index in [-0.39, 0.29) is 19.0 Å². The van der Waals surface area contributed by atoms with Gasteiger partial charge in [0.15, 0.2) is 0 Å². The lowest BCUT2D eigenvalue weighted by molar-refractivity contribution is -0.155. The molecule has 0 fully saturated rings. The van der Waals surface area contributed by atoms with Crippen molar-refractivity contribution in [3.8, 4) is 0 Å². The first-order valence-electron chi connectivity index (χ1n) is 9.46. The monoisotopic (exact) mass is 365 g/mol. The van der Waals surface area contributed by atoms with Crippen LogP contribution in [0.25, 0.3) is 0 Å². The van der Waals surface area contributed by atoms with Crippen molar-refractivity contribution in [2.75, 3.05) is 13.1 Å². The van der Waals surface area contributed by atoms with Crippen LogP contribution in [0.15, 0.2) is 0 Å². The molecule has 6 heteroatoms. The normalized spacial score (nSPS) is 11.2. The van der Waals surface area contributed by atoms with Gasteiger partial charge in [-0.05, 0) is 13.0 Å². The average Bonchev–Trinajstić information content (AvgIpc) is 2.46. The van der Waals surface area contributed by atoms with Crippen molar-refractivity contribution in [1.29, 1.82) is 0 Å². The zero-order chi connectivity index (χ0) is 17.4. The molecule has 0 aliphatic rings. The minimum Gasteiger partial charge on any atom is -0.430 e. The number of hydrogen-bond acceptors (Lipinski definition) is 5. The second-order valence-corrected chi connectivity index (χ2v) is 6.72. The topological polar surface area (TPSA) is 90.4 Å². The van der Waals surface area contributed by atoms with Crippen molar-refractivity contribution < 1.29 is 9.53 Å². The summed E-state index contributed by atoms with van der Waals surface area (Å²) < 4.78 is 4.81. The van der Waals surface area contributed by atoms with E-state index < -0.39 is 11.8 Å². The summed E-state index contributed by atoms with van der Waals surface area (Å²) >= 11 is 0. The molecular weight excluding hydrogens is 326 g/mol. The number of rotatable bonds is 16. The average molecular weight is 366 g/mol. The van der Waals surface area contributed by atoms with Crippen LogP contribution in [0.1, 0.15) is 90.9 Å². The van der Waals surface area contributed by atoms with Gasteiger partial charge in [-0.15, -0.1) is 12.4 Å². The molecule has 0 unspecified atom stereocenters. The fourth-order valence-electron chi connectivity index (χ4n) is 2.56. The Morgan fingerprint density at radius 2 is 1.29 bits per heavy atom. The third kappa shape index (κ3) is 21.6. The number of carbonyl (C=O) groups excluding carboxylic acids is 1. The zero-order valence-corrected chi connectivity index (χ0v) is 16.6. The van der Waals surface area contributed by atoms with Gasteiger partial charge in [-0.25, -0.2) is 0 Å². The number of halogens is 1. The van der Waals surface area contributed by atoms with Crippen LogP contribution in [-0.4, -0.2) is 24.9 Å². The second kappa shape index (κ2) is 17.5. The summed E-state index contributed by atoms with van der Waals surface area (Å²) in [6, 6.07) is 0. The minimum atomic E-state index is -1.38. The molecule has 0 atom stereocenters. The Morgan fingerprint density at radius 3 is 1.71 bits per heavy atom. The number of esters is 1. The molecular formula is C18H40ClN3O2. The highest BCUT2D eigenvalue weighted by Gasteiger charge is 2.16. The summed E-state index contributed by atoms with van der Waals surface area (Å²) in [5.74, 6) is -1.79. The van der Waals surface area contributed by atoms with E-state index in [0.29, 0.717) is 0 Å². The highest BCUT2D eigenvalue weighted by Crippen LogP contribution is 2.11. The highest BCUT2D eigenvalue weighted by atomic mass is 35.5. The van der Waals surface area contributed by atoms with Gasteiger partial charge < -0.3 is 10.1 Å². The fourth-order valence-corrected chi connectivity index (χ4v) is 2.56. The molecule has 0 spiro atoms. The summed E-state index contributed by atoms with van der Waals surface area (Å²) in [5, 5.41) is 3.06. The fraction of sp³-hybridized carbons (Fsp3) is 0.944. The molecule has 24 heavy (non-hydrogen) atoms. The van der Waals surface area contributed by atoms with E-state index in [1.807, 2.05) is 0 Å². The summed E-state index contributed by atoms with van der Waals surface area (Å²) in [6.45, 7) is 4.72. The molecule has 146 valence electrons. The number of nitrogens with two attached hydrogens (primary N) is 2. The van der Waals surface area contributed by atoms with Crippen LogP contribution in [0.3, 0.4) is 0 Å². The molecule has 0 aromatic rings. The van der Waals surface area contributed by atoms with Gasteiger partial charge >= 0.3 is 5.97 Å². The largest absolute Gasteiger partial charge is 0.430 e. The first-order valence-corrected chi connectivity index (χ1v) is 9.46. The quantitative estimate of drug-likeness (QED) is 0.219. The van der Waals surface area contributed by atoms with Crippen molar-refractivity contribution in [3.63, 3.8) is 0 Å².